The van der Waals surface area contributed by atoms with Crippen molar-refractivity contribution < 1.29 is 9.53 Å². The molecule has 3 nitrogen and oxygen atoms in total. The number of carbonyl (C=O) groups is 1. The topological polar surface area (TPSA) is 29.5 Å². The van der Waals surface area contributed by atoms with Gasteiger partial charge in [-0.05, 0) is 26.2 Å². The highest BCUT2D eigenvalue weighted by molar-refractivity contribution is 5.57. The Balaban J connectivity index is 2.53. The van der Waals surface area contributed by atoms with Crippen LogP contribution in [0.1, 0.15) is 0 Å². The van der Waals surface area contributed by atoms with Crippen LogP contribution in [0.15, 0.2) is 30.3 Å². The number of likely N-dealkylation sites (N-methyl/N-ethyl adjacent to an activating group) is 1. The molecule has 0 spiro atoms. The fraction of sp³-hybridized carbons (Fsp3) is 0.364. The SMILES string of the molecule is CN(C)CC(C=O)Oc1ccccc1. The third kappa shape index (κ3) is 3.58. The maximum atomic E-state index is 10.7. The molecule has 0 N–H and O–H groups in total. The summed E-state index contributed by atoms with van der Waals surface area (Å²) in [6.45, 7) is 0.596. The number of benzene rings is 1. The molecule has 1 rings (SSSR count). The van der Waals surface area contributed by atoms with Gasteiger partial charge < -0.3 is 9.64 Å². The fourth-order valence-corrected chi connectivity index (χ4v) is 1.14. The second kappa shape index (κ2) is 5.40. The van der Waals surface area contributed by atoms with Gasteiger partial charge >= 0.3 is 0 Å². The van der Waals surface area contributed by atoms with Crippen LogP contribution in [0.5, 0.6) is 5.75 Å². The summed E-state index contributed by atoms with van der Waals surface area (Å²) in [6, 6.07) is 9.35. The van der Waals surface area contributed by atoms with E-state index in [1.54, 1.807) is 0 Å². The zero-order valence-electron chi connectivity index (χ0n) is 8.51. The predicted molar refractivity (Wildman–Crippen MR) is 55.5 cm³/mol. The van der Waals surface area contributed by atoms with Crippen LogP contribution < -0.4 is 4.74 Å². The van der Waals surface area contributed by atoms with Crippen molar-refractivity contribution in [3.05, 3.63) is 30.3 Å². The van der Waals surface area contributed by atoms with Crippen molar-refractivity contribution in [2.75, 3.05) is 20.6 Å². The van der Waals surface area contributed by atoms with Gasteiger partial charge in [-0.1, -0.05) is 18.2 Å². The lowest BCUT2D eigenvalue weighted by Crippen LogP contribution is -2.31. The summed E-state index contributed by atoms with van der Waals surface area (Å²) in [5.41, 5.74) is 0. The Hall–Kier alpha value is -1.35. The first kappa shape index (κ1) is 10.7. The molecule has 1 aromatic rings. The molecule has 0 saturated carbocycles. The van der Waals surface area contributed by atoms with Gasteiger partial charge in [0.05, 0.1) is 0 Å². The summed E-state index contributed by atoms with van der Waals surface area (Å²) in [5.74, 6) is 0.728. The van der Waals surface area contributed by atoms with Crippen molar-refractivity contribution in [1.29, 1.82) is 0 Å². The normalized spacial score (nSPS) is 12.5. The summed E-state index contributed by atoms with van der Waals surface area (Å²) in [5, 5.41) is 0. The van der Waals surface area contributed by atoms with Gasteiger partial charge in [0.15, 0.2) is 12.4 Å². The van der Waals surface area contributed by atoms with Gasteiger partial charge in [-0.15, -0.1) is 0 Å². The second-order valence-electron chi connectivity index (χ2n) is 3.37. The van der Waals surface area contributed by atoms with Crippen LogP contribution in [0.3, 0.4) is 0 Å². The second-order valence-corrected chi connectivity index (χ2v) is 3.37. The van der Waals surface area contributed by atoms with Crippen LogP contribution in [0.4, 0.5) is 0 Å². The molecule has 0 saturated heterocycles. The molecule has 0 aliphatic heterocycles. The number of aldehydes is 1. The highest BCUT2D eigenvalue weighted by atomic mass is 16.5. The number of hydrogen-bond acceptors (Lipinski definition) is 3. The molecule has 0 bridgehead atoms. The highest BCUT2D eigenvalue weighted by Crippen LogP contribution is 2.10. The van der Waals surface area contributed by atoms with Gasteiger partial charge in [0.25, 0.3) is 0 Å². The van der Waals surface area contributed by atoms with Crippen LogP contribution in [0, 0.1) is 0 Å². The average molecular weight is 193 g/mol. The average Bonchev–Trinajstić information content (AvgIpc) is 2.17. The first-order chi connectivity index (χ1) is 6.72. The van der Waals surface area contributed by atoms with E-state index in [9.17, 15) is 4.79 Å². The molecule has 14 heavy (non-hydrogen) atoms. The van der Waals surface area contributed by atoms with Gasteiger partial charge in [-0.2, -0.15) is 0 Å². The van der Waals surface area contributed by atoms with Crippen molar-refractivity contribution in [3.8, 4) is 5.75 Å². The summed E-state index contributed by atoms with van der Waals surface area (Å²) >= 11 is 0. The predicted octanol–water partition coefficient (Wildman–Crippen LogP) is 1.19. The summed E-state index contributed by atoms with van der Waals surface area (Å²) in [4.78, 5) is 12.6. The smallest absolute Gasteiger partial charge is 0.166 e. The van der Waals surface area contributed by atoms with Gasteiger partial charge in [0, 0.05) is 6.54 Å². The zero-order chi connectivity index (χ0) is 10.4. The molecule has 0 aromatic heterocycles. The van der Waals surface area contributed by atoms with E-state index >= 15 is 0 Å². The van der Waals surface area contributed by atoms with Gasteiger partial charge in [0.1, 0.15) is 5.75 Å². The molecule has 0 fully saturated rings. The van der Waals surface area contributed by atoms with Crippen molar-refractivity contribution in [1.82, 2.24) is 4.90 Å². The number of rotatable bonds is 5. The first-order valence-electron chi connectivity index (χ1n) is 4.54. The van der Waals surface area contributed by atoms with Gasteiger partial charge in [-0.3, -0.25) is 4.79 Å². The molecular formula is C11H15NO2. The Morgan fingerprint density at radius 3 is 2.50 bits per heavy atom. The van der Waals surface area contributed by atoms with E-state index < -0.39 is 6.10 Å². The van der Waals surface area contributed by atoms with E-state index in [4.69, 9.17) is 4.74 Å². The molecule has 0 radical (unpaired) electrons. The lowest BCUT2D eigenvalue weighted by atomic mass is 10.3. The van der Waals surface area contributed by atoms with E-state index in [1.165, 1.54) is 0 Å². The fourth-order valence-electron chi connectivity index (χ4n) is 1.14. The minimum Gasteiger partial charge on any atom is -0.482 e. The van der Waals surface area contributed by atoms with Gasteiger partial charge in [0.2, 0.25) is 0 Å². The number of para-hydroxylation sites is 1. The molecule has 1 atom stereocenters. The molecule has 0 amide bonds. The molecular weight excluding hydrogens is 178 g/mol. The third-order valence-corrected chi connectivity index (χ3v) is 1.73. The molecule has 0 aliphatic rings. The highest BCUT2D eigenvalue weighted by Gasteiger charge is 2.09. The minimum atomic E-state index is -0.396. The van der Waals surface area contributed by atoms with E-state index in [0.29, 0.717) is 6.54 Å². The maximum Gasteiger partial charge on any atom is 0.166 e. The summed E-state index contributed by atoms with van der Waals surface area (Å²) in [7, 11) is 3.82. The number of nitrogens with zero attached hydrogens (tertiary/aromatic N) is 1. The Kier molecular flexibility index (Phi) is 4.13. The Morgan fingerprint density at radius 1 is 1.36 bits per heavy atom. The van der Waals surface area contributed by atoms with E-state index in [2.05, 4.69) is 0 Å². The molecule has 1 aromatic carbocycles. The lowest BCUT2D eigenvalue weighted by molar-refractivity contribution is -0.114. The van der Waals surface area contributed by atoms with Crippen molar-refractivity contribution in [3.63, 3.8) is 0 Å². The number of carbonyl (C=O) groups excluding carboxylic acids is 1. The van der Waals surface area contributed by atoms with Crippen LogP contribution in [0.25, 0.3) is 0 Å². The Labute approximate surface area is 84.3 Å². The minimum absolute atomic E-state index is 0.396. The van der Waals surface area contributed by atoms with E-state index in [-0.39, 0.29) is 0 Å². The van der Waals surface area contributed by atoms with Crippen LogP contribution >= 0.6 is 0 Å². The zero-order valence-corrected chi connectivity index (χ0v) is 8.51. The standard InChI is InChI=1S/C11H15NO2/c1-12(2)8-11(9-13)14-10-6-4-3-5-7-10/h3-7,9,11H,8H2,1-2H3. The van der Waals surface area contributed by atoms with Crippen molar-refractivity contribution >= 4 is 6.29 Å². The van der Waals surface area contributed by atoms with E-state index in [1.807, 2.05) is 49.3 Å². The number of ether oxygens (including phenoxy) is 1. The van der Waals surface area contributed by atoms with Crippen molar-refractivity contribution in [2.24, 2.45) is 0 Å². The summed E-state index contributed by atoms with van der Waals surface area (Å²) < 4.78 is 5.46. The Bertz CT molecular complexity index is 272. The maximum absolute atomic E-state index is 10.7. The van der Waals surface area contributed by atoms with Crippen LogP contribution in [0.2, 0.25) is 0 Å². The molecule has 1 unspecified atom stereocenters. The number of hydrogen-bond donors (Lipinski definition) is 0. The first-order valence-corrected chi connectivity index (χ1v) is 4.54. The van der Waals surface area contributed by atoms with Crippen molar-refractivity contribution in [2.45, 2.75) is 6.10 Å². The summed E-state index contributed by atoms with van der Waals surface area (Å²) in [6.07, 6.45) is 0.430. The largest absolute Gasteiger partial charge is 0.482 e. The van der Waals surface area contributed by atoms with Crippen LogP contribution in [-0.2, 0) is 4.79 Å². The molecule has 0 aliphatic carbocycles. The van der Waals surface area contributed by atoms with Crippen LogP contribution in [-0.4, -0.2) is 37.9 Å². The van der Waals surface area contributed by atoms with Gasteiger partial charge in [-0.25, -0.2) is 0 Å². The quantitative estimate of drug-likeness (QED) is 0.658. The Morgan fingerprint density at radius 2 is 2.00 bits per heavy atom. The monoisotopic (exact) mass is 193 g/mol. The third-order valence-electron chi connectivity index (χ3n) is 1.73. The molecule has 0 heterocycles. The molecule has 76 valence electrons. The lowest BCUT2D eigenvalue weighted by Gasteiger charge is -2.17. The molecule has 3 heteroatoms. The van der Waals surface area contributed by atoms with E-state index in [0.717, 1.165) is 12.0 Å².